The van der Waals surface area contributed by atoms with E-state index in [9.17, 15) is 9.59 Å². The Kier molecular flexibility index (Phi) is 4.35. The lowest BCUT2D eigenvalue weighted by Gasteiger charge is -2.24. The average Bonchev–Trinajstić information content (AvgIpc) is 2.84. The molecule has 1 aromatic carbocycles. The fourth-order valence-corrected chi connectivity index (χ4v) is 1.87. The van der Waals surface area contributed by atoms with Gasteiger partial charge < -0.3 is 9.64 Å². The summed E-state index contributed by atoms with van der Waals surface area (Å²) in [6.07, 6.45) is 1.05. The van der Waals surface area contributed by atoms with Crippen molar-refractivity contribution in [2.75, 3.05) is 7.05 Å². The molecule has 0 unspecified atom stereocenters. The van der Waals surface area contributed by atoms with Gasteiger partial charge in [-0.3, -0.25) is 0 Å². The van der Waals surface area contributed by atoms with Crippen LogP contribution < -0.4 is 5.69 Å². The molecule has 0 bridgehead atoms. The summed E-state index contributed by atoms with van der Waals surface area (Å²) in [5, 5.41) is 6.02. The summed E-state index contributed by atoms with van der Waals surface area (Å²) < 4.78 is 6.70. The molecular weight excluding hydrogens is 284 g/mol. The Hall–Kier alpha value is -2.57. The number of aromatic nitrogens is 3. The van der Waals surface area contributed by atoms with Crippen LogP contribution in [0.2, 0.25) is 0 Å². The maximum absolute atomic E-state index is 11.9. The van der Waals surface area contributed by atoms with E-state index < -0.39 is 5.60 Å². The summed E-state index contributed by atoms with van der Waals surface area (Å²) in [7, 11) is 1.68. The van der Waals surface area contributed by atoms with Gasteiger partial charge >= 0.3 is 11.8 Å². The van der Waals surface area contributed by atoms with Gasteiger partial charge in [0.15, 0.2) is 0 Å². The number of hydrogen-bond acceptors (Lipinski definition) is 4. The molecular formula is C15H20N4O3. The van der Waals surface area contributed by atoms with Gasteiger partial charge in [-0.05, 0) is 38.5 Å². The van der Waals surface area contributed by atoms with Crippen molar-refractivity contribution in [3.63, 3.8) is 0 Å². The molecule has 1 N–H and O–H groups in total. The van der Waals surface area contributed by atoms with Crippen LogP contribution in [0, 0.1) is 0 Å². The largest absolute Gasteiger partial charge is 0.444 e. The van der Waals surface area contributed by atoms with Crippen LogP contribution in [0.3, 0.4) is 0 Å². The molecule has 118 valence electrons. The summed E-state index contributed by atoms with van der Waals surface area (Å²) in [4.78, 5) is 24.9. The van der Waals surface area contributed by atoms with E-state index in [1.165, 1.54) is 15.8 Å². The van der Waals surface area contributed by atoms with Gasteiger partial charge in [0.05, 0.1) is 5.69 Å². The average molecular weight is 304 g/mol. The van der Waals surface area contributed by atoms with Crippen LogP contribution in [-0.4, -0.2) is 38.4 Å². The van der Waals surface area contributed by atoms with E-state index in [2.05, 4.69) is 10.2 Å². The van der Waals surface area contributed by atoms with Crippen molar-refractivity contribution in [3.8, 4) is 5.69 Å². The van der Waals surface area contributed by atoms with Crippen molar-refractivity contribution in [1.29, 1.82) is 0 Å². The van der Waals surface area contributed by atoms with E-state index in [1.54, 1.807) is 19.2 Å². The standard InChI is InChI=1S/C15H20N4O3/c1-15(2,3)22-14(21)18(4)9-11-5-7-12(8-6-11)19-10-16-17-13(19)20/h5-8,10H,9H2,1-4H3,(H,17,20). The van der Waals surface area contributed by atoms with Gasteiger partial charge in [0.25, 0.3) is 0 Å². The number of carbonyl (C=O) groups excluding carboxylic acids is 1. The van der Waals surface area contributed by atoms with E-state index in [4.69, 9.17) is 4.74 Å². The molecule has 0 saturated heterocycles. The first-order chi connectivity index (χ1) is 10.3. The third-order valence-electron chi connectivity index (χ3n) is 2.89. The number of amides is 1. The molecule has 0 saturated carbocycles. The first kappa shape index (κ1) is 15.8. The van der Waals surface area contributed by atoms with Gasteiger partial charge in [0.1, 0.15) is 11.9 Å². The molecule has 0 spiro atoms. The van der Waals surface area contributed by atoms with E-state index in [-0.39, 0.29) is 11.8 Å². The molecule has 22 heavy (non-hydrogen) atoms. The minimum Gasteiger partial charge on any atom is -0.444 e. The highest BCUT2D eigenvalue weighted by Crippen LogP contribution is 2.13. The number of hydrogen-bond donors (Lipinski definition) is 1. The Labute approximate surface area is 128 Å². The number of H-pyrrole nitrogens is 1. The van der Waals surface area contributed by atoms with Crippen molar-refractivity contribution >= 4 is 6.09 Å². The predicted molar refractivity (Wildman–Crippen MR) is 81.9 cm³/mol. The second kappa shape index (κ2) is 6.05. The van der Waals surface area contributed by atoms with Crippen LogP contribution in [0.4, 0.5) is 4.79 Å². The molecule has 7 heteroatoms. The number of ether oxygens (including phenoxy) is 1. The number of aromatic amines is 1. The summed E-state index contributed by atoms with van der Waals surface area (Å²) in [5.74, 6) is 0. The smallest absolute Gasteiger partial charge is 0.410 e. The zero-order valence-corrected chi connectivity index (χ0v) is 13.2. The fraction of sp³-hybridized carbons (Fsp3) is 0.400. The lowest BCUT2D eigenvalue weighted by Crippen LogP contribution is -2.33. The second-order valence-corrected chi connectivity index (χ2v) is 6.03. The minimum atomic E-state index is -0.516. The number of benzene rings is 1. The normalized spacial score (nSPS) is 11.3. The monoisotopic (exact) mass is 304 g/mol. The molecule has 0 aliphatic heterocycles. The van der Waals surface area contributed by atoms with Gasteiger partial charge in [-0.1, -0.05) is 12.1 Å². The van der Waals surface area contributed by atoms with Crippen molar-refractivity contribution in [1.82, 2.24) is 19.7 Å². The topological polar surface area (TPSA) is 80.2 Å². The zero-order chi connectivity index (χ0) is 16.3. The zero-order valence-electron chi connectivity index (χ0n) is 13.2. The SMILES string of the molecule is CN(Cc1ccc(-n2cn[nH]c2=O)cc1)C(=O)OC(C)(C)C. The highest BCUT2D eigenvalue weighted by Gasteiger charge is 2.19. The first-order valence-electron chi connectivity index (χ1n) is 6.92. The van der Waals surface area contributed by atoms with E-state index in [0.717, 1.165) is 5.56 Å². The van der Waals surface area contributed by atoms with Crippen LogP contribution in [0.15, 0.2) is 35.4 Å². The van der Waals surface area contributed by atoms with Gasteiger partial charge in [-0.15, -0.1) is 0 Å². The number of rotatable bonds is 3. The van der Waals surface area contributed by atoms with Crippen LogP contribution in [0.5, 0.6) is 0 Å². The van der Waals surface area contributed by atoms with Gasteiger partial charge in [-0.2, -0.15) is 5.10 Å². The maximum atomic E-state index is 11.9. The molecule has 7 nitrogen and oxygen atoms in total. The third-order valence-corrected chi connectivity index (χ3v) is 2.89. The highest BCUT2D eigenvalue weighted by atomic mass is 16.6. The van der Waals surface area contributed by atoms with Crippen molar-refractivity contribution in [2.24, 2.45) is 0 Å². The molecule has 1 heterocycles. The molecule has 2 rings (SSSR count). The molecule has 1 amide bonds. The van der Waals surface area contributed by atoms with Crippen molar-refractivity contribution in [3.05, 3.63) is 46.6 Å². The van der Waals surface area contributed by atoms with E-state index in [0.29, 0.717) is 12.2 Å². The minimum absolute atomic E-state index is 0.293. The fourth-order valence-electron chi connectivity index (χ4n) is 1.87. The Bertz CT molecular complexity index is 695. The lowest BCUT2D eigenvalue weighted by atomic mass is 10.2. The number of nitrogens with zero attached hydrogens (tertiary/aromatic N) is 3. The Morgan fingerprint density at radius 2 is 1.95 bits per heavy atom. The number of carbonyl (C=O) groups is 1. The summed E-state index contributed by atoms with van der Waals surface area (Å²) in [6, 6.07) is 7.32. The second-order valence-electron chi connectivity index (χ2n) is 6.03. The first-order valence-corrected chi connectivity index (χ1v) is 6.92. The molecule has 1 aromatic heterocycles. The third kappa shape index (κ3) is 3.97. The molecule has 2 aromatic rings. The van der Waals surface area contributed by atoms with Crippen LogP contribution in [0.1, 0.15) is 26.3 Å². The molecule has 0 aliphatic rings. The van der Waals surface area contributed by atoms with E-state index >= 15 is 0 Å². The Morgan fingerprint density at radius 1 is 1.32 bits per heavy atom. The molecule has 0 aliphatic carbocycles. The lowest BCUT2D eigenvalue weighted by molar-refractivity contribution is 0.0285. The van der Waals surface area contributed by atoms with Crippen molar-refractivity contribution in [2.45, 2.75) is 32.9 Å². The van der Waals surface area contributed by atoms with Crippen LogP contribution >= 0.6 is 0 Å². The highest BCUT2D eigenvalue weighted by molar-refractivity contribution is 5.67. The summed E-state index contributed by atoms with van der Waals surface area (Å²) in [6.45, 7) is 5.91. The quantitative estimate of drug-likeness (QED) is 0.939. The Balaban J connectivity index is 2.04. The molecule has 0 fully saturated rings. The maximum Gasteiger partial charge on any atom is 0.410 e. The van der Waals surface area contributed by atoms with Crippen LogP contribution in [-0.2, 0) is 11.3 Å². The number of nitrogens with one attached hydrogen (secondary N) is 1. The van der Waals surface area contributed by atoms with Gasteiger partial charge in [0.2, 0.25) is 0 Å². The summed E-state index contributed by atoms with van der Waals surface area (Å²) in [5.41, 5.74) is 0.840. The van der Waals surface area contributed by atoms with Crippen LogP contribution in [0.25, 0.3) is 5.69 Å². The Morgan fingerprint density at radius 3 is 2.45 bits per heavy atom. The van der Waals surface area contributed by atoms with Gasteiger partial charge in [-0.25, -0.2) is 19.3 Å². The van der Waals surface area contributed by atoms with Crippen molar-refractivity contribution < 1.29 is 9.53 Å². The predicted octanol–water partition coefficient (Wildman–Crippen LogP) is 1.93. The molecule has 0 radical (unpaired) electrons. The summed E-state index contributed by atoms with van der Waals surface area (Å²) >= 11 is 0. The van der Waals surface area contributed by atoms with E-state index in [1.807, 2.05) is 32.9 Å². The van der Waals surface area contributed by atoms with Gasteiger partial charge in [0, 0.05) is 13.6 Å². The molecule has 0 atom stereocenters.